The van der Waals surface area contributed by atoms with Crippen LogP contribution in [0.2, 0.25) is 0 Å². The van der Waals surface area contributed by atoms with Gasteiger partial charge in [0.2, 0.25) is 0 Å². The minimum atomic E-state index is 0.977. The second-order valence-corrected chi connectivity index (χ2v) is 14.8. The molecule has 0 radical (unpaired) electrons. The van der Waals surface area contributed by atoms with Gasteiger partial charge in [-0.05, 0) is 93.7 Å². The van der Waals surface area contributed by atoms with Crippen molar-refractivity contribution in [3.05, 3.63) is 211 Å². The molecule has 0 aliphatic heterocycles. The molecule has 264 valence electrons. The van der Waals surface area contributed by atoms with Gasteiger partial charge in [-0.2, -0.15) is 0 Å². The molecule has 0 spiro atoms. The Labute approximate surface area is 326 Å². The molecule has 0 fully saturated rings. The molecule has 2 nitrogen and oxygen atoms in total. The molecule has 0 bridgehead atoms. The van der Waals surface area contributed by atoms with Crippen LogP contribution in [-0.4, -0.2) is 9.13 Å². The molecule has 0 unspecified atom stereocenters. The molecule has 0 saturated carbocycles. The Morgan fingerprint density at radius 2 is 0.821 bits per heavy atom. The Balaban J connectivity index is 1.19. The summed E-state index contributed by atoms with van der Waals surface area (Å²) in [6.07, 6.45) is 6.69. The molecule has 11 rings (SSSR count). The lowest BCUT2D eigenvalue weighted by Gasteiger charge is -2.18. The molecule has 0 saturated heterocycles. The average Bonchev–Trinajstić information content (AvgIpc) is 3.80. The molecule has 2 heteroatoms. The van der Waals surface area contributed by atoms with Crippen molar-refractivity contribution in [2.24, 2.45) is 0 Å². The number of para-hydroxylation sites is 2. The van der Waals surface area contributed by atoms with E-state index in [1.54, 1.807) is 0 Å². The summed E-state index contributed by atoms with van der Waals surface area (Å²) in [5.41, 5.74) is 18.4. The predicted octanol–water partition coefficient (Wildman–Crippen LogP) is 14.4. The fourth-order valence-electron chi connectivity index (χ4n) is 8.92. The van der Waals surface area contributed by atoms with Crippen molar-refractivity contribution in [3.8, 4) is 55.9 Å². The normalized spacial score (nSPS) is 12.4. The maximum atomic E-state index is 2.60. The lowest BCUT2D eigenvalue weighted by Crippen LogP contribution is -2.05. The van der Waals surface area contributed by atoms with Crippen LogP contribution >= 0.6 is 0 Å². The van der Waals surface area contributed by atoms with Gasteiger partial charge in [0.15, 0.2) is 0 Å². The fraction of sp³-hybridized carbons (Fsp3) is 0.0370. The molecular weight excluding hydrogens is 677 g/mol. The number of allylic oxidation sites excluding steroid dienone is 1. The number of benzene rings is 8. The van der Waals surface area contributed by atoms with Gasteiger partial charge in [0.25, 0.3) is 0 Å². The van der Waals surface area contributed by atoms with E-state index in [0.717, 1.165) is 12.8 Å². The maximum Gasteiger partial charge on any atom is 0.0788 e. The van der Waals surface area contributed by atoms with E-state index in [-0.39, 0.29) is 0 Å². The number of rotatable bonds is 6. The molecule has 56 heavy (non-hydrogen) atoms. The van der Waals surface area contributed by atoms with Crippen molar-refractivity contribution in [3.63, 3.8) is 0 Å². The molecule has 2 heterocycles. The Hall–Kier alpha value is -7.16. The minimum absolute atomic E-state index is 0.977. The van der Waals surface area contributed by atoms with Crippen LogP contribution in [0.4, 0.5) is 0 Å². The van der Waals surface area contributed by atoms with E-state index in [2.05, 4.69) is 215 Å². The first-order valence-corrected chi connectivity index (χ1v) is 19.6. The van der Waals surface area contributed by atoms with Gasteiger partial charge in [0.1, 0.15) is 0 Å². The van der Waals surface area contributed by atoms with Crippen LogP contribution in [0, 0.1) is 0 Å². The summed E-state index contributed by atoms with van der Waals surface area (Å²) < 4.78 is 5.08. The van der Waals surface area contributed by atoms with Crippen LogP contribution in [0.1, 0.15) is 17.7 Å². The van der Waals surface area contributed by atoms with Crippen LogP contribution in [0.25, 0.3) is 94.7 Å². The number of fused-ring (bicyclic) bond motifs is 7. The molecule has 1 aliphatic carbocycles. The second-order valence-electron chi connectivity index (χ2n) is 14.8. The standard InChI is InChI=1S/C54H38N2/c1-4-14-37(15-5-1)39-24-28-41(29-25-39)43-34-44(42-30-26-40(27-31-42)38-16-6-2-7-17-38)36-46(35-43)56-52-23-13-11-21-48(52)50-33-32-49-47-20-10-12-22-51(47)55(53(49)54(50)56)45-18-8-3-9-19-45/h1-12,14-22,24-36H,13,23H2. The summed E-state index contributed by atoms with van der Waals surface area (Å²) in [6, 6.07) is 71.0. The zero-order valence-electron chi connectivity index (χ0n) is 30.9. The minimum Gasteiger partial charge on any atom is -0.311 e. The van der Waals surface area contributed by atoms with Gasteiger partial charge in [-0.1, -0.05) is 170 Å². The third-order valence-corrected chi connectivity index (χ3v) is 11.6. The third-order valence-electron chi connectivity index (χ3n) is 11.6. The zero-order valence-corrected chi connectivity index (χ0v) is 30.9. The number of nitrogens with zero attached hydrogens (tertiary/aromatic N) is 2. The third kappa shape index (κ3) is 5.33. The van der Waals surface area contributed by atoms with Crippen LogP contribution in [0.15, 0.2) is 200 Å². The van der Waals surface area contributed by atoms with Crippen LogP contribution < -0.4 is 0 Å². The van der Waals surface area contributed by atoms with Gasteiger partial charge in [0.05, 0.1) is 16.6 Å². The van der Waals surface area contributed by atoms with E-state index in [4.69, 9.17) is 0 Å². The number of aromatic nitrogens is 2. The molecule has 8 aromatic carbocycles. The van der Waals surface area contributed by atoms with E-state index in [9.17, 15) is 0 Å². The summed E-state index contributed by atoms with van der Waals surface area (Å²) in [5, 5.41) is 3.82. The van der Waals surface area contributed by atoms with Crippen LogP contribution in [-0.2, 0) is 6.42 Å². The molecule has 0 N–H and O–H groups in total. The SMILES string of the molecule is C1=Cc2c(n(-c3cc(-c4ccc(-c5ccccc5)cc4)cc(-c4ccc(-c5ccccc5)cc4)c3)c3c2ccc2c4ccccc4n(-c4ccccc4)c23)CC1. The average molecular weight is 715 g/mol. The van der Waals surface area contributed by atoms with Crippen molar-refractivity contribution in [2.75, 3.05) is 0 Å². The summed E-state index contributed by atoms with van der Waals surface area (Å²) in [5.74, 6) is 0. The summed E-state index contributed by atoms with van der Waals surface area (Å²) >= 11 is 0. The lowest BCUT2D eigenvalue weighted by molar-refractivity contribution is 0.889. The van der Waals surface area contributed by atoms with Crippen molar-refractivity contribution >= 4 is 38.8 Å². The van der Waals surface area contributed by atoms with Gasteiger partial charge in [-0.25, -0.2) is 0 Å². The summed E-state index contributed by atoms with van der Waals surface area (Å²) in [4.78, 5) is 0. The largest absolute Gasteiger partial charge is 0.311 e. The lowest BCUT2D eigenvalue weighted by atomic mass is 9.95. The van der Waals surface area contributed by atoms with Crippen molar-refractivity contribution in [1.82, 2.24) is 9.13 Å². The van der Waals surface area contributed by atoms with Crippen LogP contribution in [0.3, 0.4) is 0 Å². The fourth-order valence-corrected chi connectivity index (χ4v) is 8.92. The van der Waals surface area contributed by atoms with Gasteiger partial charge in [-0.15, -0.1) is 0 Å². The molecule has 2 aromatic heterocycles. The summed E-state index contributed by atoms with van der Waals surface area (Å²) in [7, 11) is 0. The highest BCUT2D eigenvalue weighted by molar-refractivity contribution is 6.19. The van der Waals surface area contributed by atoms with Gasteiger partial charge < -0.3 is 9.13 Å². The highest BCUT2D eigenvalue weighted by atomic mass is 15.1. The molecular formula is C54H38N2. The number of hydrogen-bond acceptors (Lipinski definition) is 0. The monoisotopic (exact) mass is 714 g/mol. The summed E-state index contributed by atoms with van der Waals surface area (Å²) in [6.45, 7) is 0. The van der Waals surface area contributed by atoms with Gasteiger partial charge in [0, 0.05) is 38.8 Å². The number of hydrogen-bond donors (Lipinski definition) is 0. The van der Waals surface area contributed by atoms with Crippen molar-refractivity contribution < 1.29 is 0 Å². The van der Waals surface area contributed by atoms with Crippen LogP contribution in [0.5, 0.6) is 0 Å². The van der Waals surface area contributed by atoms with Gasteiger partial charge >= 0.3 is 0 Å². The van der Waals surface area contributed by atoms with E-state index >= 15 is 0 Å². The van der Waals surface area contributed by atoms with Crippen molar-refractivity contribution in [2.45, 2.75) is 12.8 Å². The maximum absolute atomic E-state index is 2.60. The first-order valence-electron chi connectivity index (χ1n) is 19.6. The van der Waals surface area contributed by atoms with Gasteiger partial charge in [-0.3, -0.25) is 0 Å². The Kier molecular flexibility index (Phi) is 7.67. The quantitative estimate of drug-likeness (QED) is 0.162. The Bertz CT molecular complexity index is 2970. The van der Waals surface area contributed by atoms with E-state index < -0.39 is 0 Å². The molecule has 0 atom stereocenters. The van der Waals surface area contributed by atoms with E-state index in [0.29, 0.717) is 0 Å². The first-order chi connectivity index (χ1) is 27.8. The Morgan fingerprint density at radius 1 is 0.339 bits per heavy atom. The first kappa shape index (κ1) is 32.3. The molecule has 10 aromatic rings. The molecule has 1 aliphatic rings. The highest BCUT2D eigenvalue weighted by Gasteiger charge is 2.25. The molecule has 0 amide bonds. The second kappa shape index (κ2) is 13.3. The zero-order chi connectivity index (χ0) is 37.0. The van der Waals surface area contributed by atoms with Crippen molar-refractivity contribution in [1.29, 1.82) is 0 Å². The predicted molar refractivity (Wildman–Crippen MR) is 237 cm³/mol. The topological polar surface area (TPSA) is 9.86 Å². The smallest absolute Gasteiger partial charge is 0.0788 e. The van der Waals surface area contributed by atoms with E-state index in [1.165, 1.54) is 99.8 Å². The highest BCUT2D eigenvalue weighted by Crippen LogP contribution is 2.43. The Morgan fingerprint density at radius 3 is 1.43 bits per heavy atom. The van der Waals surface area contributed by atoms with E-state index in [1.807, 2.05) is 0 Å².